The molecule has 1 spiro atoms. The highest BCUT2D eigenvalue weighted by molar-refractivity contribution is 6.30. The summed E-state index contributed by atoms with van der Waals surface area (Å²) in [4.78, 5) is 23.9. The summed E-state index contributed by atoms with van der Waals surface area (Å²) < 4.78 is 7.30. The summed E-state index contributed by atoms with van der Waals surface area (Å²) in [6.07, 6.45) is 6.65. The molecule has 1 atom stereocenters. The van der Waals surface area contributed by atoms with Crippen LogP contribution < -0.4 is 10.2 Å². The molecule has 9 heteroatoms. The van der Waals surface area contributed by atoms with Crippen LogP contribution >= 0.6 is 11.6 Å². The molecule has 0 aromatic carbocycles. The molecule has 1 N–H and O–H groups in total. The summed E-state index contributed by atoms with van der Waals surface area (Å²) in [7, 11) is 1.97. The second kappa shape index (κ2) is 6.82. The SMILES string of the molecule is Cn1cnc2c1CC[C@H]2NC(=O)c1cc(Cc2ccc(N3CC4(CC4)C3)nc2Cl)no1. The van der Waals surface area contributed by atoms with Crippen molar-refractivity contribution in [3.05, 3.63) is 58.1 Å². The van der Waals surface area contributed by atoms with Crippen molar-refractivity contribution in [3.63, 3.8) is 0 Å². The molecule has 1 aliphatic heterocycles. The number of nitrogens with one attached hydrogen (secondary N) is 1. The van der Waals surface area contributed by atoms with Gasteiger partial charge in [0.15, 0.2) is 0 Å². The number of pyridine rings is 1. The normalized spacial score (nSPS) is 20.6. The number of amides is 1. The van der Waals surface area contributed by atoms with Gasteiger partial charge < -0.3 is 19.3 Å². The van der Waals surface area contributed by atoms with Crippen molar-refractivity contribution in [2.45, 2.75) is 38.1 Å². The van der Waals surface area contributed by atoms with E-state index in [1.165, 1.54) is 18.5 Å². The third-order valence-corrected chi connectivity index (χ3v) is 7.12. The van der Waals surface area contributed by atoms with E-state index >= 15 is 0 Å². The fourth-order valence-electron chi connectivity index (χ4n) is 4.73. The average molecular weight is 439 g/mol. The van der Waals surface area contributed by atoms with Crippen molar-refractivity contribution >= 4 is 23.3 Å². The molecule has 0 unspecified atom stereocenters. The molecule has 3 aliphatic rings. The molecule has 31 heavy (non-hydrogen) atoms. The van der Waals surface area contributed by atoms with E-state index in [-0.39, 0.29) is 17.7 Å². The Morgan fingerprint density at radius 3 is 2.97 bits per heavy atom. The number of nitrogens with zero attached hydrogens (tertiary/aromatic N) is 5. The van der Waals surface area contributed by atoms with Crippen LogP contribution in [0.3, 0.4) is 0 Å². The zero-order valence-corrected chi connectivity index (χ0v) is 18.0. The van der Waals surface area contributed by atoms with Crippen molar-refractivity contribution in [2.24, 2.45) is 12.5 Å². The Hall–Kier alpha value is -2.87. The van der Waals surface area contributed by atoms with Gasteiger partial charge in [-0.25, -0.2) is 9.97 Å². The van der Waals surface area contributed by atoms with Gasteiger partial charge in [0.1, 0.15) is 11.0 Å². The minimum absolute atomic E-state index is 0.0975. The molecule has 2 fully saturated rings. The number of anilines is 1. The predicted molar refractivity (Wildman–Crippen MR) is 114 cm³/mol. The molecule has 1 saturated heterocycles. The largest absolute Gasteiger partial charge is 0.355 e. The first-order valence-corrected chi connectivity index (χ1v) is 11.0. The molecule has 0 radical (unpaired) electrons. The maximum absolute atomic E-state index is 12.6. The second-order valence-corrected chi connectivity index (χ2v) is 9.44. The Morgan fingerprint density at radius 2 is 2.19 bits per heavy atom. The lowest BCUT2D eigenvalue weighted by Crippen LogP contribution is -2.48. The maximum Gasteiger partial charge on any atom is 0.290 e. The molecule has 2 aliphatic carbocycles. The van der Waals surface area contributed by atoms with E-state index in [2.05, 4.69) is 25.3 Å². The Labute approximate surface area is 184 Å². The highest BCUT2D eigenvalue weighted by Crippen LogP contribution is 2.53. The van der Waals surface area contributed by atoms with Gasteiger partial charge in [0.05, 0.1) is 23.8 Å². The monoisotopic (exact) mass is 438 g/mol. The molecular formula is C22H23ClN6O2. The lowest BCUT2D eigenvalue weighted by molar-refractivity contribution is 0.0898. The van der Waals surface area contributed by atoms with E-state index in [4.69, 9.17) is 16.1 Å². The van der Waals surface area contributed by atoms with Gasteiger partial charge in [-0.05, 0) is 37.3 Å². The summed E-state index contributed by atoms with van der Waals surface area (Å²) in [6.45, 7) is 2.16. The van der Waals surface area contributed by atoms with Crippen LogP contribution in [0.1, 0.15) is 58.5 Å². The summed E-state index contributed by atoms with van der Waals surface area (Å²) >= 11 is 6.44. The van der Waals surface area contributed by atoms with Gasteiger partial charge in [-0.3, -0.25) is 4.79 Å². The number of rotatable bonds is 5. The minimum atomic E-state index is -0.284. The number of fused-ring (bicyclic) bond motifs is 1. The summed E-state index contributed by atoms with van der Waals surface area (Å²) in [5, 5.41) is 7.53. The van der Waals surface area contributed by atoms with Gasteiger partial charge in [-0.15, -0.1) is 0 Å². The lowest BCUT2D eigenvalue weighted by Gasteiger charge is -2.41. The topological polar surface area (TPSA) is 89.1 Å². The zero-order chi connectivity index (χ0) is 21.2. The van der Waals surface area contributed by atoms with Gasteiger partial charge >= 0.3 is 0 Å². The minimum Gasteiger partial charge on any atom is -0.355 e. The number of aryl methyl sites for hydroxylation is 1. The first-order valence-electron chi connectivity index (χ1n) is 10.7. The molecule has 8 nitrogen and oxygen atoms in total. The van der Waals surface area contributed by atoms with E-state index in [1.54, 1.807) is 12.4 Å². The third-order valence-electron chi connectivity index (χ3n) is 6.80. The van der Waals surface area contributed by atoms with E-state index in [1.807, 2.05) is 23.7 Å². The standard InChI is InChI=1S/C22H23ClN6O2/c1-28-12-24-19-15(3-4-16(19)28)25-21(30)17-9-14(27-31-17)8-13-2-5-18(26-20(13)23)29-10-22(11-29)6-7-22/h2,5,9,12,15H,3-4,6-8,10-11H2,1H3,(H,25,30)/t15-/m1/s1. The molecule has 0 bridgehead atoms. The zero-order valence-electron chi connectivity index (χ0n) is 17.3. The lowest BCUT2D eigenvalue weighted by atomic mass is 9.97. The fourth-order valence-corrected chi connectivity index (χ4v) is 4.95. The van der Waals surface area contributed by atoms with Crippen LogP contribution in [0.15, 0.2) is 29.0 Å². The van der Waals surface area contributed by atoms with Crippen molar-refractivity contribution in [1.29, 1.82) is 0 Å². The highest BCUT2D eigenvalue weighted by Gasteiger charge is 2.52. The number of aromatic nitrogens is 4. The molecule has 160 valence electrons. The molecule has 1 amide bonds. The second-order valence-electron chi connectivity index (χ2n) is 9.09. The van der Waals surface area contributed by atoms with Crippen molar-refractivity contribution < 1.29 is 9.32 Å². The van der Waals surface area contributed by atoms with E-state index in [0.717, 1.165) is 43.0 Å². The molecule has 1 saturated carbocycles. The number of imidazole rings is 1. The van der Waals surface area contributed by atoms with Gasteiger partial charge in [-0.1, -0.05) is 22.8 Å². The Bertz CT molecular complexity index is 1170. The van der Waals surface area contributed by atoms with Gasteiger partial charge in [0.2, 0.25) is 5.76 Å². The molecular weight excluding hydrogens is 416 g/mol. The van der Waals surface area contributed by atoms with Crippen LogP contribution in [0.2, 0.25) is 5.15 Å². The first-order chi connectivity index (χ1) is 15.0. The van der Waals surface area contributed by atoms with E-state index in [9.17, 15) is 4.79 Å². The summed E-state index contributed by atoms with van der Waals surface area (Å²) in [6, 6.07) is 5.56. The average Bonchev–Trinajstić information content (AvgIpc) is 3.04. The maximum atomic E-state index is 12.6. The number of carbonyl (C=O) groups excluding carboxylic acids is 1. The molecule has 4 heterocycles. The Morgan fingerprint density at radius 1 is 1.35 bits per heavy atom. The number of carbonyl (C=O) groups is 1. The summed E-state index contributed by atoms with van der Waals surface area (Å²) in [5.41, 5.74) is 4.18. The van der Waals surface area contributed by atoms with Gasteiger partial charge in [-0.2, -0.15) is 0 Å². The fraction of sp³-hybridized carbons (Fsp3) is 0.455. The number of hydrogen-bond acceptors (Lipinski definition) is 6. The van der Waals surface area contributed by atoms with Gasteiger partial charge in [0.25, 0.3) is 5.91 Å². The van der Waals surface area contributed by atoms with E-state index in [0.29, 0.717) is 22.7 Å². The van der Waals surface area contributed by atoms with E-state index < -0.39 is 0 Å². The molecule has 6 rings (SSSR count). The van der Waals surface area contributed by atoms with Crippen molar-refractivity contribution in [3.8, 4) is 0 Å². The van der Waals surface area contributed by atoms with Crippen LogP contribution in [-0.2, 0) is 19.9 Å². The first kappa shape index (κ1) is 18.9. The predicted octanol–water partition coefficient (Wildman–Crippen LogP) is 3.06. The van der Waals surface area contributed by atoms with Crippen LogP contribution in [0.25, 0.3) is 0 Å². The van der Waals surface area contributed by atoms with Crippen molar-refractivity contribution in [2.75, 3.05) is 18.0 Å². The van der Waals surface area contributed by atoms with Crippen molar-refractivity contribution in [1.82, 2.24) is 25.0 Å². The molecule has 3 aromatic heterocycles. The number of hydrogen-bond donors (Lipinski definition) is 1. The highest BCUT2D eigenvalue weighted by atomic mass is 35.5. The van der Waals surface area contributed by atoms with Crippen LogP contribution in [0.5, 0.6) is 0 Å². The Balaban J connectivity index is 1.11. The Kier molecular flexibility index (Phi) is 4.15. The summed E-state index contributed by atoms with van der Waals surface area (Å²) in [5.74, 6) is 0.834. The van der Waals surface area contributed by atoms with Crippen LogP contribution in [-0.4, -0.2) is 38.7 Å². The van der Waals surface area contributed by atoms with Crippen LogP contribution in [0.4, 0.5) is 5.82 Å². The van der Waals surface area contributed by atoms with Gasteiger partial charge in [0, 0.05) is 43.7 Å². The quantitative estimate of drug-likeness (QED) is 0.616. The smallest absolute Gasteiger partial charge is 0.290 e. The van der Waals surface area contributed by atoms with Crippen LogP contribution in [0, 0.1) is 5.41 Å². The molecule has 3 aromatic rings. The number of halogens is 1. The third kappa shape index (κ3) is 3.29.